The van der Waals surface area contributed by atoms with Gasteiger partial charge in [-0.2, -0.15) is 0 Å². The highest BCUT2D eigenvalue weighted by atomic mass is 16.5. The summed E-state index contributed by atoms with van der Waals surface area (Å²) < 4.78 is 5.29. The maximum absolute atomic E-state index is 12.1. The molecule has 0 radical (unpaired) electrons. The molecular formula is C17H24N2O2. The normalized spacial score (nSPS) is 16.5. The number of hydrogen-bond donors (Lipinski definition) is 1. The highest BCUT2D eigenvalue weighted by Crippen LogP contribution is 2.24. The number of methoxy groups -OCH3 is 1. The summed E-state index contributed by atoms with van der Waals surface area (Å²) in [6.45, 7) is 7.85. The van der Waals surface area contributed by atoms with Crippen molar-refractivity contribution in [1.29, 1.82) is 0 Å². The summed E-state index contributed by atoms with van der Waals surface area (Å²) in [5, 5.41) is 2.87. The van der Waals surface area contributed by atoms with E-state index in [4.69, 9.17) is 4.74 Å². The van der Waals surface area contributed by atoms with Crippen molar-refractivity contribution in [1.82, 2.24) is 10.2 Å². The molecule has 1 atom stereocenters. The highest BCUT2D eigenvalue weighted by molar-refractivity contribution is 5.81. The van der Waals surface area contributed by atoms with Crippen LogP contribution in [0.4, 0.5) is 0 Å². The zero-order valence-corrected chi connectivity index (χ0v) is 12.9. The minimum Gasteiger partial charge on any atom is -0.497 e. The molecule has 0 fully saturated rings. The van der Waals surface area contributed by atoms with Gasteiger partial charge in [-0.1, -0.05) is 12.1 Å². The summed E-state index contributed by atoms with van der Waals surface area (Å²) in [7, 11) is 1.69. The third-order valence-electron chi connectivity index (χ3n) is 4.03. The average molecular weight is 288 g/mol. The number of carbonyl (C=O) groups excluding carboxylic acids is 1. The Balaban J connectivity index is 2.09. The van der Waals surface area contributed by atoms with Gasteiger partial charge in [0.15, 0.2) is 0 Å². The lowest BCUT2D eigenvalue weighted by Gasteiger charge is -2.26. The van der Waals surface area contributed by atoms with Gasteiger partial charge in [-0.25, -0.2) is 0 Å². The second-order valence-electron chi connectivity index (χ2n) is 5.42. The van der Waals surface area contributed by atoms with Crippen molar-refractivity contribution in [2.75, 3.05) is 20.2 Å². The predicted octanol–water partition coefficient (Wildman–Crippen LogP) is 2.13. The van der Waals surface area contributed by atoms with Crippen LogP contribution in [0.15, 0.2) is 30.9 Å². The molecule has 1 heterocycles. The first kappa shape index (κ1) is 15.6. The van der Waals surface area contributed by atoms with Crippen LogP contribution in [0, 0.1) is 0 Å². The summed E-state index contributed by atoms with van der Waals surface area (Å²) in [6, 6.07) is 6.09. The monoisotopic (exact) mass is 288 g/mol. The molecule has 1 N–H and O–H groups in total. The fourth-order valence-corrected chi connectivity index (χ4v) is 2.70. The van der Waals surface area contributed by atoms with Crippen molar-refractivity contribution in [3.05, 3.63) is 42.0 Å². The quantitative estimate of drug-likeness (QED) is 0.844. The Morgan fingerprint density at radius 2 is 2.33 bits per heavy atom. The number of amides is 1. The van der Waals surface area contributed by atoms with E-state index in [-0.39, 0.29) is 11.9 Å². The molecule has 4 heteroatoms. The van der Waals surface area contributed by atoms with Crippen molar-refractivity contribution in [2.24, 2.45) is 0 Å². The van der Waals surface area contributed by atoms with Gasteiger partial charge in [-0.3, -0.25) is 9.69 Å². The lowest BCUT2D eigenvalue weighted by atomic mass is 10.0. The van der Waals surface area contributed by atoms with E-state index in [9.17, 15) is 4.79 Å². The zero-order chi connectivity index (χ0) is 15.2. The lowest BCUT2D eigenvalue weighted by molar-refractivity contribution is -0.125. The van der Waals surface area contributed by atoms with Crippen molar-refractivity contribution in [3.8, 4) is 5.75 Å². The van der Waals surface area contributed by atoms with E-state index in [1.54, 1.807) is 13.2 Å². The molecule has 1 aliphatic rings. The zero-order valence-electron chi connectivity index (χ0n) is 12.9. The second kappa shape index (κ2) is 7.27. The first-order valence-corrected chi connectivity index (χ1v) is 7.44. The molecule has 0 saturated carbocycles. The van der Waals surface area contributed by atoms with Crippen LogP contribution in [0.3, 0.4) is 0 Å². The van der Waals surface area contributed by atoms with Crippen LogP contribution in [0.1, 0.15) is 24.5 Å². The Kier molecular flexibility index (Phi) is 5.39. The summed E-state index contributed by atoms with van der Waals surface area (Å²) in [6.07, 6.45) is 3.79. The number of hydrogen-bond acceptors (Lipinski definition) is 3. The SMILES string of the molecule is C=CCNC(=O)[C@@H](C)N1CCCc2cc(OC)ccc2C1. The first-order valence-electron chi connectivity index (χ1n) is 7.44. The lowest BCUT2D eigenvalue weighted by Crippen LogP contribution is -2.44. The van der Waals surface area contributed by atoms with E-state index in [0.29, 0.717) is 6.54 Å². The van der Waals surface area contributed by atoms with Gasteiger partial charge in [0.05, 0.1) is 13.2 Å². The van der Waals surface area contributed by atoms with Crippen LogP contribution in [-0.4, -0.2) is 37.0 Å². The Bertz CT molecular complexity index is 514. The second-order valence-corrected chi connectivity index (χ2v) is 5.42. The standard InChI is InChI=1S/C17H24N2O2/c1-4-9-18-17(20)13(2)19-10-5-6-14-11-16(21-3)8-7-15(14)12-19/h4,7-8,11,13H,1,5-6,9-10,12H2,2-3H3,(H,18,20)/t13-/m1/s1. The minimum absolute atomic E-state index is 0.0619. The molecule has 21 heavy (non-hydrogen) atoms. The molecule has 0 saturated heterocycles. The Hall–Kier alpha value is -1.81. The Labute approximate surface area is 126 Å². The van der Waals surface area contributed by atoms with Gasteiger partial charge in [0, 0.05) is 13.1 Å². The number of carbonyl (C=O) groups is 1. The summed E-state index contributed by atoms with van der Waals surface area (Å²) >= 11 is 0. The number of ether oxygens (including phenoxy) is 1. The number of aryl methyl sites for hydroxylation is 1. The molecule has 2 rings (SSSR count). The molecule has 0 bridgehead atoms. The molecule has 1 aromatic carbocycles. The van der Waals surface area contributed by atoms with E-state index in [0.717, 1.165) is 31.7 Å². The molecule has 0 aromatic heterocycles. The predicted molar refractivity (Wildman–Crippen MR) is 84.4 cm³/mol. The number of fused-ring (bicyclic) bond motifs is 1. The molecule has 0 unspecified atom stereocenters. The van der Waals surface area contributed by atoms with Gasteiger partial charge in [0.25, 0.3) is 0 Å². The number of benzene rings is 1. The molecule has 4 nitrogen and oxygen atoms in total. The van der Waals surface area contributed by atoms with Crippen molar-refractivity contribution in [2.45, 2.75) is 32.4 Å². The minimum atomic E-state index is -0.127. The maximum atomic E-state index is 12.1. The van der Waals surface area contributed by atoms with E-state index >= 15 is 0 Å². The van der Waals surface area contributed by atoms with Gasteiger partial charge >= 0.3 is 0 Å². The van der Waals surface area contributed by atoms with Crippen molar-refractivity contribution >= 4 is 5.91 Å². The van der Waals surface area contributed by atoms with Crippen LogP contribution in [0.2, 0.25) is 0 Å². The van der Waals surface area contributed by atoms with Gasteiger partial charge in [-0.15, -0.1) is 6.58 Å². The van der Waals surface area contributed by atoms with Crippen LogP contribution >= 0.6 is 0 Å². The molecule has 0 spiro atoms. The average Bonchev–Trinajstić information content (AvgIpc) is 2.73. The Morgan fingerprint density at radius 3 is 3.05 bits per heavy atom. The summed E-state index contributed by atoms with van der Waals surface area (Å²) in [4.78, 5) is 14.3. The molecule has 0 aliphatic carbocycles. The third-order valence-corrected chi connectivity index (χ3v) is 4.03. The fourth-order valence-electron chi connectivity index (χ4n) is 2.70. The molecular weight excluding hydrogens is 264 g/mol. The van der Waals surface area contributed by atoms with Gasteiger partial charge < -0.3 is 10.1 Å². The van der Waals surface area contributed by atoms with Crippen LogP contribution in [-0.2, 0) is 17.8 Å². The molecule has 114 valence electrons. The van der Waals surface area contributed by atoms with Crippen LogP contribution in [0.5, 0.6) is 5.75 Å². The highest BCUT2D eigenvalue weighted by Gasteiger charge is 2.23. The largest absolute Gasteiger partial charge is 0.497 e. The first-order chi connectivity index (χ1) is 10.2. The maximum Gasteiger partial charge on any atom is 0.237 e. The van der Waals surface area contributed by atoms with E-state index < -0.39 is 0 Å². The number of nitrogens with one attached hydrogen (secondary N) is 1. The van der Waals surface area contributed by atoms with Gasteiger partial charge in [-0.05, 0) is 49.6 Å². The van der Waals surface area contributed by atoms with E-state index in [2.05, 4.69) is 28.9 Å². The van der Waals surface area contributed by atoms with Crippen molar-refractivity contribution in [3.63, 3.8) is 0 Å². The van der Waals surface area contributed by atoms with Crippen LogP contribution < -0.4 is 10.1 Å². The molecule has 1 amide bonds. The number of nitrogens with zero attached hydrogens (tertiary/aromatic N) is 1. The third kappa shape index (κ3) is 3.85. The van der Waals surface area contributed by atoms with Gasteiger partial charge in [0.2, 0.25) is 5.91 Å². The number of rotatable bonds is 5. The van der Waals surface area contributed by atoms with Crippen molar-refractivity contribution < 1.29 is 9.53 Å². The fraction of sp³-hybridized carbons (Fsp3) is 0.471. The summed E-state index contributed by atoms with van der Waals surface area (Å²) in [5.41, 5.74) is 2.62. The smallest absolute Gasteiger partial charge is 0.237 e. The Morgan fingerprint density at radius 1 is 1.52 bits per heavy atom. The van der Waals surface area contributed by atoms with E-state index in [1.165, 1.54) is 11.1 Å². The van der Waals surface area contributed by atoms with Crippen LogP contribution in [0.25, 0.3) is 0 Å². The molecule has 1 aromatic rings. The molecule has 1 aliphatic heterocycles. The van der Waals surface area contributed by atoms with E-state index in [1.807, 2.05) is 13.0 Å². The topological polar surface area (TPSA) is 41.6 Å². The van der Waals surface area contributed by atoms with Gasteiger partial charge in [0.1, 0.15) is 5.75 Å². The summed E-state index contributed by atoms with van der Waals surface area (Å²) in [5.74, 6) is 0.964.